The van der Waals surface area contributed by atoms with Crippen LogP contribution in [0.3, 0.4) is 0 Å². The van der Waals surface area contributed by atoms with Crippen LogP contribution < -0.4 is 0 Å². The summed E-state index contributed by atoms with van der Waals surface area (Å²) in [4.78, 5) is 26.8. The SMILES string of the molecule is CCCCN1C(=O)C(C)CN(CC)C1=O. The van der Waals surface area contributed by atoms with Crippen LogP contribution in [0.2, 0.25) is 0 Å². The van der Waals surface area contributed by atoms with E-state index in [1.165, 1.54) is 4.90 Å². The Morgan fingerprint density at radius 1 is 1.33 bits per heavy atom. The number of carbonyl (C=O) groups excluding carboxylic acids is 2. The molecule has 1 fully saturated rings. The Bertz CT molecular complexity index is 253. The molecule has 0 N–H and O–H groups in total. The summed E-state index contributed by atoms with van der Waals surface area (Å²) in [5.41, 5.74) is 0. The van der Waals surface area contributed by atoms with E-state index in [1.807, 2.05) is 13.8 Å². The summed E-state index contributed by atoms with van der Waals surface area (Å²) in [5.74, 6) is -0.0716. The first-order valence-electron chi connectivity index (χ1n) is 5.72. The fourth-order valence-corrected chi connectivity index (χ4v) is 1.80. The molecule has 0 aromatic rings. The number of rotatable bonds is 4. The van der Waals surface area contributed by atoms with E-state index in [0.29, 0.717) is 19.6 Å². The van der Waals surface area contributed by atoms with E-state index in [-0.39, 0.29) is 17.9 Å². The fraction of sp³-hybridized carbons (Fsp3) is 0.818. The lowest BCUT2D eigenvalue weighted by Crippen LogP contribution is -2.56. The molecule has 0 saturated carbocycles. The highest BCUT2D eigenvalue weighted by atomic mass is 16.2. The van der Waals surface area contributed by atoms with Gasteiger partial charge in [-0.3, -0.25) is 9.69 Å². The first kappa shape index (κ1) is 12.0. The normalized spacial score (nSPS) is 22.5. The van der Waals surface area contributed by atoms with E-state index >= 15 is 0 Å². The van der Waals surface area contributed by atoms with Gasteiger partial charge in [0.1, 0.15) is 0 Å². The van der Waals surface area contributed by atoms with Gasteiger partial charge in [0, 0.05) is 19.6 Å². The second-order valence-electron chi connectivity index (χ2n) is 4.07. The molecular formula is C11H20N2O2. The third kappa shape index (κ3) is 2.49. The van der Waals surface area contributed by atoms with Gasteiger partial charge in [0.25, 0.3) is 0 Å². The molecule has 15 heavy (non-hydrogen) atoms. The average Bonchev–Trinajstić information content (AvgIpc) is 2.23. The molecule has 3 amide bonds. The van der Waals surface area contributed by atoms with Crippen LogP contribution in [0.15, 0.2) is 0 Å². The van der Waals surface area contributed by atoms with Gasteiger partial charge in [-0.2, -0.15) is 0 Å². The Balaban J connectivity index is 2.71. The first-order chi connectivity index (χ1) is 7.11. The molecule has 0 aromatic carbocycles. The largest absolute Gasteiger partial charge is 0.326 e. The number of amides is 3. The number of carbonyl (C=O) groups is 2. The van der Waals surface area contributed by atoms with Crippen LogP contribution in [0, 0.1) is 5.92 Å². The second-order valence-corrected chi connectivity index (χ2v) is 4.07. The van der Waals surface area contributed by atoms with E-state index < -0.39 is 0 Å². The van der Waals surface area contributed by atoms with E-state index in [4.69, 9.17) is 0 Å². The number of hydrogen-bond acceptors (Lipinski definition) is 2. The predicted octanol–water partition coefficient (Wildman–Crippen LogP) is 1.71. The van der Waals surface area contributed by atoms with Crippen molar-refractivity contribution >= 4 is 11.9 Å². The lowest BCUT2D eigenvalue weighted by molar-refractivity contribution is -0.135. The maximum Gasteiger partial charge on any atom is 0.326 e. The van der Waals surface area contributed by atoms with Crippen LogP contribution in [0.25, 0.3) is 0 Å². The van der Waals surface area contributed by atoms with Crippen LogP contribution >= 0.6 is 0 Å². The van der Waals surface area contributed by atoms with Gasteiger partial charge in [-0.1, -0.05) is 20.3 Å². The Labute approximate surface area is 91.2 Å². The number of imide groups is 1. The summed E-state index contributed by atoms with van der Waals surface area (Å²) >= 11 is 0. The highest BCUT2D eigenvalue weighted by Gasteiger charge is 2.35. The van der Waals surface area contributed by atoms with Crippen molar-refractivity contribution in [2.24, 2.45) is 5.92 Å². The zero-order chi connectivity index (χ0) is 11.4. The van der Waals surface area contributed by atoms with Gasteiger partial charge in [-0.05, 0) is 13.3 Å². The van der Waals surface area contributed by atoms with Gasteiger partial charge >= 0.3 is 6.03 Å². The minimum atomic E-state index is -0.117. The smallest absolute Gasteiger partial charge is 0.324 e. The fourth-order valence-electron chi connectivity index (χ4n) is 1.80. The molecule has 0 bridgehead atoms. The Kier molecular flexibility index (Phi) is 4.12. The lowest BCUT2D eigenvalue weighted by Gasteiger charge is -2.36. The topological polar surface area (TPSA) is 40.6 Å². The number of nitrogens with zero attached hydrogens (tertiary/aromatic N) is 2. The third-order valence-corrected chi connectivity index (χ3v) is 2.80. The summed E-state index contributed by atoms with van der Waals surface area (Å²) in [5, 5.41) is 0. The summed E-state index contributed by atoms with van der Waals surface area (Å²) in [7, 11) is 0. The highest BCUT2D eigenvalue weighted by Crippen LogP contribution is 2.16. The molecule has 0 radical (unpaired) electrons. The summed E-state index contributed by atoms with van der Waals surface area (Å²) < 4.78 is 0. The highest BCUT2D eigenvalue weighted by molar-refractivity contribution is 5.97. The third-order valence-electron chi connectivity index (χ3n) is 2.80. The molecule has 1 rings (SSSR count). The van der Waals surface area contributed by atoms with E-state index in [0.717, 1.165) is 12.8 Å². The second kappa shape index (κ2) is 5.14. The van der Waals surface area contributed by atoms with Crippen molar-refractivity contribution in [2.45, 2.75) is 33.6 Å². The van der Waals surface area contributed by atoms with Crippen molar-refractivity contribution in [3.05, 3.63) is 0 Å². The first-order valence-corrected chi connectivity index (χ1v) is 5.72. The summed E-state index contributed by atoms with van der Waals surface area (Å²) in [6, 6.07) is -0.117. The van der Waals surface area contributed by atoms with Crippen molar-refractivity contribution < 1.29 is 9.59 Å². The minimum absolute atomic E-state index is 0.0156. The maximum absolute atomic E-state index is 11.8. The van der Waals surface area contributed by atoms with Gasteiger partial charge in [-0.25, -0.2) is 4.79 Å². The van der Waals surface area contributed by atoms with Crippen LogP contribution in [0.1, 0.15) is 33.6 Å². The molecular weight excluding hydrogens is 192 g/mol. The van der Waals surface area contributed by atoms with Crippen LogP contribution in [0.4, 0.5) is 4.79 Å². The lowest BCUT2D eigenvalue weighted by atomic mass is 10.1. The molecule has 86 valence electrons. The molecule has 4 heteroatoms. The molecule has 1 unspecified atom stereocenters. The van der Waals surface area contributed by atoms with Gasteiger partial charge < -0.3 is 4.90 Å². The molecule has 4 nitrogen and oxygen atoms in total. The molecule has 1 atom stereocenters. The van der Waals surface area contributed by atoms with E-state index in [2.05, 4.69) is 6.92 Å². The van der Waals surface area contributed by atoms with Gasteiger partial charge in [0.2, 0.25) is 5.91 Å². The Morgan fingerprint density at radius 3 is 2.53 bits per heavy atom. The van der Waals surface area contributed by atoms with Crippen LogP contribution in [-0.4, -0.2) is 41.4 Å². The molecule has 1 saturated heterocycles. The average molecular weight is 212 g/mol. The Morgan fingerprint density at radius 2 is 2.00 bits per heavy atom. The van der Waals surface area contributed by atoms with Crippen LogP contribution in [0.5, 0.6) is 0 Å². The minimum Gasteiger partial charge on any atom is -0.324 e. The van der Waals surface area contributed by atoms with E-state index in [9.17, 15) is 9.59 Å². The van der Waals surface area contributed by atoms with Gasteiger partial charge in [-0.15, -0.1) is 0 Å². The van der Waals surface area contributed by atoms with Crippen molar-refractivity contribution in [3.8, 4) is 0 Å². The molecule has 0 spiro atoms. The summed E-state index contributed by atoms with van der Waals surface area (Å²) in [6.07, 6.45) is 1.89. The molecule has 1 heterocycles. The van der Waals surface area contributed by atoms with Crippen molar-refractivity contribution in [1.29, 1.82) is 0 Å². The summed E-state index contributed by atoms with van der Waals surface area (Å²) in [6.45, 7) is 7.69. The van der Waals surface area contributed by atoms with Gasteiger partial charge in [0.15, 0.2) is 0 Å². The van der Waals surface area contributed by atoms with Gasteiger partial charge in [0.05, 0.1) is 5.92 Å². The number of urea groups is 1. The molecule has 1 aliphatic heterocycles. The molecule has 0 aliphatic carbocycles. The van der Waals surface area contributed by atoms with Crippen molar-refractivity contribution in [1.82, 2.24) is 9.80 Å². The zero-order valence-electron chi connectivity index (χ0n) is 9.82. The van der Waals surface area contributed by atoms with Crippen LogP contribution in [-0.2, 0) is 4.79 Å². The van der Waals surface area contributed by atoms with Crippen molar-refractivity contribution in [3.63, 3.8) is 0 Å². The molecule has 0 aromatic heterocycles. The standard InChI is InChI=1S/C11H20N2O2/c1-4-6-7-13-10(14)9(3)8-12(5-2)11(13)15/h9H,4-8H2,1-3H3. The monoisotopic (exact) mass is 212 g/mol. The van der Waals surface area contributed by atoms with Crippen molar-refractivity contribution in [2.75, 3.05) is 19.6 Å². The van der Waals surface area contributed by atoms with E-state index in [1.54, 1.807) is 4.90 Å². The number of hydrogen-bond donors (Lipinski definition) is 0. The zero-order valence-corrected chi connectivity index (χ0v) is 9.82. The quantitative estimate of drug-likeness (QED) is 0.711. The maximum atomic E-state index is 11.8. The molecule has 1 aliphatic rings. The number of unbranched alkanes of at least 4 members (excludes halogenated alkanes) is 1. The Hall–Kier alpha value is -1.06. The predicted molar refractivity (Wildman–Crippen MR) is 58.4 cm³/mol.